The van der Waals surface area contributed by atoms with Crippen molar-refractivity contribution in [3.63, 3.8) is 0 Å². The Labute approximate surface area is 156 Å². The van der Waals surface area contributed by atoms with E-state index in [9.17, 15) is 0 Å². The zero-order valence-electron chi connectivity index (χ0n) is 15.2. The van der Waals surface area contributed by atoms with Crippen molar-refractivity contribution in [3.8, 4) is 0 Å². The van der Waals surface area contributed by atoms with Crippen molar-refractivity contribution in [1.29, 1.82) is 0 Å². The second kappa shape index (κ2) is 6.85. The van der Waals surface area contributed by atoms with Gasteiger partial charge in [0, 0.05) is 9.50 Å². The van der Waals surface area contributed by atoms with Gasteiger partial charge in [-0.1, -0.05) is 63.3 Å². The minimum Gasteiger partial charge on any atom is -0.409 e. The van der Waals surface area contributed by atoms with E-state index in [1.165, 1.54) is 20.3 Å². The molecule has 23 heavy (non-hydrogen) atoms. The van der Waals surface area contributed by atoms with Crippen molar-refractivity contribution in [2.24, 2.45) is 5.92 Å². The number of rotatable bonds is 4. The molecule has 2 unspecified atom stereocenters. The van der Waals surface area contributed by atoms with Crippen LogP contribution >= 0.6 is 22.6 Å². The van der Waals surface area contributed by atoms with Crippen LogP contribution in [0.15, 0.2) is 46.1 Å². The van der Waals surface area contributed by atoms with Gasteiger partial charge in [0.15, 0.2) is 8.32 Å². The Hall–Kier alpha value is -0.393. The summed E-state index contributed by atoms with van der Waals surface area (Å²) in [5.74, 6) is 0.402. The maximum absolute atomic E-state index is 6.74. The fourth-order valence-electron chi connectivity index (χ4n) is 2.81. The first-order valence-corrected chi connectivity index (χ1v) is 12.3. The van der Waals surface area contributed by atoms with Gasteiger partial charge >= 0.3 is 0 Å². The maximum atomic E-state index is 6.74. The van der Waals surface area contributed by atoms with Gasteiger partial charge in [-0.05, 0) is 65.2 Å². The second-order valence-electron chi connectivity index (χ2n) is 8.13. The highest BCUT2D eigenvalue weighted by atomic mass is 127. The third kappa shape index (κ3) is 3.99. The molecule has 0 aromatic heterocycles. The summed E-state index contributed by atoms with van der Waals surface area (Å²) >= 11 is 2.51. The second-order valence-corrected chi connectivity index (χ2v) is 14.0. The molecule has 1 aromatic rings. The van der Waals surface area contributed by atoms with Crippen molar-refractivity contribution < 1.29 is 4.43 Å². The number of hydrogen-bond acceptors (Lipinski definition) is 1. The summed E-state index contributed by atoms with van der Waals surface area (Å²) in [6.07, 6.45) is 1.25. The smallest absolute Gasteiger partial charge is 0.192 e. The largest absolute Gasteiger partial charge is 0.409 e. The highest BCUT2D eigenvalue weighted by Gasteiger charge is 2.43. The van der Waals surface area contributed by atoms with E-state index in [-0.39, 0.29) is 11.1 Å². The van der Waals surface area contributed by atoms with E-state index in [1.54, 1.807) is 0 Å². The lowest BCUT2D eigenvalue weighted by Gasteiger charge is -2.38. The zero-order valence-corrected chi connectivity index (χ0v) is 18.4. The molecule has 126 valence electrons. The van der Waals surface area contributed by atoms with Gasteiger partial charge in [0.25, 0.3) is 0 Å². The molecule has 0 aliphatic heterocycles. The Morgan fingerprint density at radius 1 is 1.22 bits per heavy atom. The van der Waals surface area contributed by atoms with Gasteiger partial charge in [0.2, 0.25) is 0 Å². The monoisotopic (exact) mass is 440 g/mol. The predicted octanol–water partition coefficient (Wildman–Crippen LogP) is 6.82. The van der Waals surface area contributed by atoms with E-state index >= 15 is 0 Å². The maximum Gasteiger partial charge on any atom is 0.192 e. The highest BCUT2D eigenvalue weighted by Crippen LogP contribution is 2.48. The molecule has 0 amide bonds. The van der Waals surface area contributed by atoms with Crippen LogP contribution in [0.4, 0.5) is 0 Å². The van der Waals surface area contributed by atoms with Crippen LogP contribution in [0.5, 0.6) is 0 Å². The zero-order chi connectivity index (χ0) is 17.4. The van der Waals surface area contributed by atoms with Crippen molar-refractivity contribution in [2.75, 3.05) is 0 Å². The quantitative estimate of drug-likeness (QED) is 0.284. The van der Waals surface area contributed by atoms with E-state index < -0.39 is 8.32 Å². The van der Waals surface area contributed by atoms with Crippen molar-refractivity contribution in [2.45, 2.75) is 58.4 Å². The van der Waals surface area contributed by atoms with Gasteiger partial charge < -0.3 is 4.43 Å². The molecule has 2 rings (SSSR count). The summed E-state index contributed by atoms with van der Waals surface area (Å²) in [6.45, 7) is 18.0. The lowest BCUT2D eigenvalue weighted by molar-refractivity contribution is 0.215. The summed E-state index contributed by atoms with van der Waals surface area (Å²) in [6, 6.07) is 10.7. The molecule has 1 aromatic carbocycles. The van der Waals surface area contributed by atoms with Crippen molar-refractivity contribution in [3.05, 3.63) is 51.6 Å². The number of allylic oxidation sites excluding steroid dienone is 2. The fourth-order valence-corrected chi connectivity index (χ4v) is 5.40. The first kappa shape index (κ1) is 18.9. The van der Waals surface area contributed by atoms with Crippen LogP contribution in [-0.4, -0.2) is 14.4 Å². The molecular formula is C20H29IOSi. The topological polar surface area (TPSA) is 9.23 Å². The number of benzene rings is 1. The highest BCUT2D eigenvalue weighted by molar-refractivity contribution is 14.1. The molecule has 0 spiro atoms. The third-order valence-electron chi connectivity index (χ3n) is 5.26. The Morgan fingerprint density at radius 3 is 2.26 bits per heavy atom. The first-order chi connectivity index (χ1) is 10.5. The van der Waals surface area contributed by atoms with Crippen LogP contribution in [0, 0.1) is 5.92 Å². The summed E-state index contributed by atoms with van der Waals surface area (Å²) in [4.78, 5) is 0. The summed E-state index contributed by atoms with van der Waals surface area (Å²) in [7, 11) is -1.78. The average molecular weight is 440 g/mol. The molecule has 2 atom stereocenters. The Bertz CT molecular complexity index is 610. The van der Waals surface area contributed by atoms with Gasteiger partial charge in [-0.2, -0.15) is 0 Å². The summed E-state index contributed by atoms with van der Waals surface area (Å²) in [5, 5.41) is 0.234. The van der Waals surface area contributed by atoms with Crippen LogP contribution in [0.2, 0.25) is 18.1 Å². The molecule has 1 aliphatic rings. The molecule has 3 heteroatoms. The van der Waals surface area contributed by atoms with Gasteiger partial charge in [-0.15, -0.1) is 0 Å². The Morgan fingerprint density at radius 2 is 1.78 bits per heavy atom. The fraction of sp³-hybridized carbons (Fsp3) is 0.500. The summed E-state index contributed by atoms with van der Waals surface area (Å²) < 4.78 is 8.11. The normalized spacial score (nSPS) is 22.6. The molecule has 0 bridgehead atoms. The van der Waals surface area contributed by atoms with E-state index in [1.807, 2.05) is 0 Å². The van der Waals surface area contributed by atoms with E-state index in [4.69, 9.17) is 4.43 Å². The summed E-state index contributed by atoms with van der Waals surface area (Å²) in [5.41, 5.74) is 3.97. The van der Waals surface area contributed by atoms with Gasteiger partial charge in [0.1, 0.15) is 0 Å². The lowest BCUT2D eigenvalue weighted by atomic mass is 9.90. The first-order valence-electron chi connectivity index (χ1n) is 8.33. The van der Waals surface area contributed by atoms with E-state index in [0.29, 0.717) is 5.92 Å². The predicted molar refractivity (Wildman–Crippen MR) is 112 cm³/mol. The lowest BCUT2D eigenvalue weighted by Crippen LogP contribution is -2.43. The Kier molecular flexibility index (Phi) is 5.64. The molecule has 0 radical (unpaired) electrons. The standard InChI is InChI=1S/C20H29IOSi/c1-14(2)16-13-17(22-23(6,7)20(3,4)5)19(21)18(16)15-11-9-8-10-12-15/h8-12,16-17H,1,13H2,2-7H3. The molecule has 0 saturated heterocycles. The molecule has 0 saturated carbocycles. The van der Waals surface area contributed by atoms with Crippen LogP contribution in [0.3, 0.4) is 0 Å². The van der Waals surface area contributed by atoms with Gasteiger partial charge in [0.05, 0.1) is 6.10 Å². The minimum absolute atomic E-state index is 0.216. The van der Waals surface area contributed by atoms with Gasteiger partial charge in [-0.25, -0.2) is 0 Å². The van der Waals surface area contributed by atoms with Crippen molar-refractivity contribution in [1.82, 2.24) is 0 Å². The van der Waals surface area contributed by atoms with Gasteiger partial charge in [-0.3, -0.25) is 0 Å². The van der Waals surface area contributed by atoms with Crippen LogP contribution in [0.25, 0.3) is 5.57 Å². The molecule has 0 heterocycles. The number of halogens is 1. The minimum atomic E-state index is -1.78. The SMILES string of the molecule is C=C(C)C1CC(O[Si](C)(C)C(C)(C)C)C(I)=C1c1ccccc1. The molecular weight excluding hydrogens is 411 g/mol. The van der Waals surface area contributed by atoms with Crippen LogP contribution in [-0.2, 0) is 4.43 Å². The Balaban J connectivity index is 2.38. The van der Waals surface area contributed by atoms with E-state index in [0.717, 1.165) is 6.42 Å². The number of hydrogen-bond donors (Lipinski definition) is 0. The average Bonchev–Trinajstić information content (AvgIpc) is 2.75. The third-order valence-corrected chi connectivity index (χ3v) is 11.0. The molecule has 1 nitrogen and oxygen atoms in total. The van der Waals surface area contributed by atoms with Crippen LogP contribution < -0.4 is 0 Å². The molecule has 0 fully saturated rings. The van der Waals surface area contributed by atoms with Crippen LogP contribution in [0.1, 0.15) is 39.7 Å². The van der Waals surface area contributed by atoms with E-state index in [2.05, 4.69) is 100 Å². The van der Waals surface area contributed by atoms with Crippen molar-refractivity contribution >= 4 is 36.5 Å². The molecule has 1 aliphatic carbocycles. The molecule has 0 N–H and O–H groups in total.